The monoisotopic (exact) mass is 391 g/mol. The first-order valence-corrected chi connectivity index (χ1v) is 10.7. The molecule has 2 aliphatic rings. The van der Waals surface area contributed by atoms with Crippen LogP contribution in [0.1, 0.15) is 18.5 Å². The number of aryl methyl sites for hydroxylation is 2. The average molecular weight is 392 g/mol. The second kappa shape index (κ2) is 7.08. The molecule has 2 aliphatic heterocycles. The first-order valence-electron chi connectivity index (χ1n) is 9.27. The molecular formula is C17H25N7O2S. The molecule has 0 N–H and O–H groups in total. The van der Waals surface area contributed by atoms with Crippen LogP contribution < -0.4 is 9.80 Å². The average Bonchev–Trinajstić information content (AvgIpc) is 3.33. The van der Waals surface area contributed by atoms with Gasteiger partial charge in [-0.3, -0.25) is 0 Å². The zero-order valence-electron chi connectivity index (χ0n) is 15.7. The van der Waals surface area contributed by atoms with Crippen molar-refractivity contribution in [1.29, 1.82) is 0 Å². The van der Waals surface area contributed by atoms with Crippen molar-refractivity contribution in [2.75, 3.05) is 49.1 Å². The van der Waals surface area contributed by atoms with Crippen molar-refractivity contribution in [3.63, 3.8) is 0 Å². The van der Waals surface area contributed by atoms with Gasteiger partial charge in [-0.25, -0.2) is 18.4 Å². The van der Waals surface area contributed by atoms with E-state index in [1.54, 1.807) is 11.6 Å². The van der Waals surface area contributed by atoms with E-state index in [4.69, 9.17) is 4.98 Å². The second-order valence-electron chi connectivity index (χ2n) is 7.13. The zero-order chi connectivity index (χ0) is 19.0. The van der Waals surface area contributed by atoms with Crippen molar-refractivity contribution in [2.45, 2.75) is 24.8 Å². The van der Waals surface area contributed by atoms with Crippen LogP contribution in [0.3, 0.4) is 0 Å². The molecule has 0 saturated carbocycles. The highest BCUT2D eigenvalue weighted by Gasteiger charge is 2.31. The first-order chi connectivity index (χ1) is 12.9. The number of imidazole rings is 1. The Hall–Kier alpha value is -2.20. The summed E-state index contributed by atoms with van der Waals surface area (Å²) >= 11 is 0. The van der Waals surface area contributed by atoms with Gasteiger partial charge in [-0.15, -0.1) is 0 Å². The molecule has 0 radical (unpaired) electrons. The summed E-state index contributed by atoms with van der Waals surface area (Å²) in [6.45, 7) is 6.01. The summed E-state index contributed by atoms with van der Waals surface area (Å²) in [5.74, 6) is 1.66. The van der Waals surface area contributed by atoms with Crippen LogP contribution in [-0.2, 0) is 17.1 Å². The van der Waals surface area contributed by atoms with Gasteiger partial charge >= 0.3 is 0 Å². The molecule has 9 nitrogen and oxygen atoms in total. The maximum absolute atomic E-state index is 12.7. The minimum atomic E-state index is -3.54. The minimum Gasteiger partial charge on any atom is -0.354 e. The number of hydrogen-bond acceptors (Lipinski definition) is 7. The van der Waals surface area contributed by atoms with Gasteiger partial charge in [-0.2, -0.15) is 9.29 Å². The number of hydrogen-bond donors (Lipinski definition) is 0. The Labute approximate surface area is 159 Å². The molecule has 0 amide bonds. The molecule has 4 heterocycles. The Bertz CT molecular complexity index is 913. The predicted octanol–water partition coefficient (Wildman–Crippen LogP) is 0.630. The lowest BCUT2D eigenvalue weighted by atomic mass is 10.3. The van der Waals surface area contributed by atoms with E-state index in [0.717, 1.165) is 30.5 Å². The highest BCUT2D eigenvalue weighted by Crippen LogP contribution is 2.23. The van der Waals surface area contributed by atoms with Gasteiger partial charge in [0.15, 0.2) is 5.03 Å². The lowest BCUT2D eigenvalue weighted by Gasteiger charge is -2.34. The normalized spacial score (nSPS) is 19.0. The molecule has 2 aromatic heterocycles. The van der Waals surface area contributed by atoms with Crippen LogP contribution >= 0.6 is 0 Å². The molecule has 0 unspecified atom stereocenters. The fourth-order valence-electron chi connectivity index (χ4n) is 3.57. The summed E-state index contributed by atoms with van der Waals surface area (Å²) in [4.78, 5) is 17.7. The predicted molar refractivity (Wildman–Crippen MR) is 102 cm³/mol. The van der Waals surface area contributed by atoms with Gasteiger partial charge in [0.05, 0.1) is 6.33 Å². The Morgan fingerprint density at radius 3 is 2.30 bits per heavy atom. The van der Waals surface area contributed by atoms with Gasteiger partial charge in [-0.1, -0.05) is 0 Å². The van der Waals surface area contributed by atoms with Gasteiger partial charge in [0.25, 0.3) is 10.0 Å². The molecule has 2 fully saturated rings. The minimum absolute atomic E-state index is 0.104. The molecule has 10 heteroatoms. The third kappa shape index (κ3) is 3.63. The Kier molecular flexibility index (Phi) is 4.77. The maximum atomic E-state index is 12.7. The third-order valence-electron chi connectivity index (χ3n) is 5.07. The van der Waals surface area contributed by atoms with Crippen molar-refractivity contribution < 1.29 is 8.42 Å². The topological polar surface area (TPSA) is 87.5 Å². The summed E-state index contributed by atoms with van der Waals surface area (Å²) < 4.78 is 28.6. The molecule has 2 aromatic rings. The first kappa shape index (κ1) is 18.2. The quantitative estimate of drug-likeness (QED) is 0.755. The lowest BCUT2D eigenvalue weighted by Crippen LogP contribution is -2.49. The van der Waals surface area contributed by atoms with Gasteiger partial charge in [0.1, 0.15) is 5.82 Å². The molecule has 0 aromatic carbocycles. The van der Waals surface area contributed by atoms with Crippen LogP contribution in [0.25, 0.3) is 0 Å². The number of rotatable bonds is 4. The van der Waals surface area contributed by atoms with Crippen molar-refractivity contribution in [3.05, 3.63) is 24.3 Å². The highest BCUT2D eigenvalue weighted by atomic mass is 32.2. The van der Waals surface area contributed by atoms with E-state index in [1.165, 1.54) is 29.7 Å². The van der Waals surface area contributed by atoms with Crippen LogP contribution in [0.2, 0.25) is 0 Å². The summed E-state index contributed by atoms with van der Waals surface area (Å²) in [6.07, 6.45) is 5.40. The van der Waals surface area contributed by atoms with E-state index in [2.05, 4.69) is 19.8 Å². The molecule has 146 valence electrons. The zero-order valence-corrected chi connectivity index (χ0v) is 16.6. The van der Waals surface area contributed by atoms with E-state index in [9.17, 15) is 8.42 Å². The van der Waals surface area contributed by atoms with Gasteiger partial charge in [0.2, 0.25) is 5.95 Å². The van der Waals surface area contributed by atoms with Crippen molar-refractivity contribution in [2.24, 2.45) is 7.05 Å². The Balaban J connectivity index is 1.48. The molecule has 0 atom stereocenters. The molecule has 0 bridgehead atoms. The second-order valence-corrected chi connectivity index (χ2v) is 9.01. The van der Waals surface area contributed by atoms with Crippen LogP contribution in [0.5, 0.6) is 0 Å². The number of aromatic nitrogens is 4. The molecular weight excluding hydrogens is 366 g/mol. The summed E-state index contributed by atoms with van der Waals surface area (Å²) in [5, 5.41) is 0.104. The van der Waals surface area contributed by atoms with Gasteiger partial charge in [0, 0.05) is 64.3 Å². The standard InChI is InChI=1S/C17H25N7O2S/c1-14-11-15(20-17(19-14)23-5-3-4-6-23)22-7-9-24(10-8-22)27(25,26)16-12-21(2)13-18-16/h11-13H,3-10H2,1-2H3. The van der Waals surface area contributed by atoms with Gasteiger partial charge < -0.3 is 14.4 Å². The van der Waals surface area contributed by atoms with Crippen LogP contribution in [0, 0.1) is 6.92 Å². The molecule has 4 rings (SSSR count). The van der Waals surface area contributed by atoms with Crippen molar-refractivity contribution in [3.8, 4) is 0 Å². The van der Waals surface area contributed by atoms with E-state index >= 15 is 0 Å². The summed E-state index contributed by atoms with van der Waals surface area (Å²) in [6, 6.07) is 1.97. The number of piperazine rings is 1. The van der Waals surface area contributed by atoms with Crippen LogP contribution in [-0.4, -0.2) is 71.5 Å². The highest BCUT2D eigenvalue weighted by molar-refractivity contribution is 7.89. The fourth-order valence-corrected chi connectivity index (χ4v) is 4.96. The Morgan fingerprint density at radius 1 is 0.963 bits per heavy atom. The molecule has 0 aliphatic carbocycles. The van der Waals surface area contributed by atoms with Crippen LogP contribution in [0.4, 0.5) is 11.8 Å². The van der Waals surface area contributed by atoms with E-state index in [1.807, 2.05) is 13.0 Å². The number of nitrogens with zero attached hydrogens (tertiary/aromatic N) is 7. The smallest absolute Gasteiger partial charge is 0.262 e. The molecule has 27 heavy (non-hydrogen) atoms. The SMILES string of the molecule is Cc1cc(N2CCN(S(=O)(=O)c3cn(C)cn3)CC2)nc(N2CCCC2)n1. The van der Waals surface area contributed by atoms with E-state index in [0.29, 0.717) is 26.2 Å². The largest absolute Gasteiger partial charge is 0.354 e. The van der Waals surface area contributed by atoms with Crippen LogP contribution in [0.15, 0.2) is 23.6 Å². The number of anilines is 2. The lowest BCUT2D eigenvalue weighted by molar-refractivity contribution is 0.382. The van der Waals surface area contributed by atoms with E-state index < -0.39 is 10.0 Å². The third-order valence-corrected chi connectivity index (χ3v) is 6.85. The molecule has 2 saturated heterocycles. The van der Waals surface area contributed by atoms with Gasteiger partial charge in [-0.05, 0) is 19.8 Å². The molecule has 0 spiro atoms. The summed E-state index contributed by atoms with van der Waals surface area (Å²) in [5.41, 5.74) is 0.936. The fraction of sp³-hybridized carbons (Fsp3) is 0.588. The van der Waals surface area contributed by atoms with Crippen molar-refractivity contribution >= 4 is 21.8 Å². The number of sulfonamides is 1. The van der Waals surface area contributed by atoms with E-state index in [-0.39, 0.29) is 5.03 Å². The maximum Gasteiger partial charge on any atom is 0.262 e. The van der Waals surface area contributed by atoms with Crippen molar-refractivity contribution in [1.82, 2.24) is 23.8 Å². The Morgan fingerprint density at radius 2 is 1.67 bits per heavy atom. The summed E-state index contributed by atoms with van der Waals surface area (Å²) in [7, 11) is -1.78.